The Bertz CT molecular complexity index is 8500. The summed E-state index contributed by atoms with van der Waals surface area (Å²) in [6.07, 6.45) is 0. The molecule has 0 fully saturated rings. The Morgan fingerprint density at radius 1 is 0.159 bits per heavy atom. The van der Waals surface area contributed by atoms with E-state index in [-0.39, 0.29) is 0 Å². The van der Waals surface area contributed by atoms with E-state index in [4.69, 9.17) is 36.5 Å². The van der Waals surface area contributed by atoms with Gasteiger partial charge in [0.05, 0.1) is 64.0 Å². The molecule has 0 atom stereocenters. The lowest BCUT2D eigenvalue weighted by molar-refractivity contribution is 1.18. The monoisotopic (exact) mass is 1760 g/mol. The predicted octanol–water partition coefficient (Wildman–Crippen LogP) is 33.6. The largest absolute Gasteiger partial charge is 0.238 e. The third-order valence-corrected chi connectivity index (χ3v) is 25.5. The van der Waals surface area contributed by atoms with Crippen LogP contribution in [-0.4, -0.2) is 29.9 Å². The van der Waals surface area contributed by atoms with E-state index in [2.05, 4.69) is 351 Å². The Balaban J connectivity index is 0.000000119. The first kappa shape index (κ1) is 84.4. The predicted molar refractivity (Wildman–Crippen MR) is 568 cm³/mol. The Morgan fingerprint density at radius 2 is 0.333 bits per heavy atom. The number of aromatic nitrogens is 6. The lowest BCUT2D eigenvalue weighted by Gasteiger charge is -2.19. The molecule has 0 spiro atoms. The molecule has 0 radical (unpaired) electrons. The van der Waals surface area contributed by atoms with Gasteiger partial charge in [0.1, 0.15) is 0 Å². The van der Waals surface area contributed by atoms with Crippen molar-refractivity contribution in [3.05, 3.63) is 514 Å². The Hall–Kier alpha value is -19.1. The molecular formula is C129H81N9. The van der Waals surface area contributed by atoms with Crippen molar-refractivity contribution in [2.45, 2.75) is 0 Å². The second kappa shape index (κ2) is 38.0. The van der Waals surface area contributed by atoms with E-state index in [1.165, 1.54) is 115 Å². The molecule has 0 N–H and O–H groups in total. The molecule has 0 amide bonds. The van der Waals surface area contributed by atoms with Gasteiger partial charge < -0.3 is 0 Å². The molecule has 0 bridgehead atoms. The van der Waals surface area contributed by atoms with E-state index in [9.17, 15) is 10.5 Å². The van der Waals surface area contributed by atoms with Crippen molar-refractivity contribution in [1.29, 1.82) is 10.5 Å². The van der Waals surface area contributed by atoms with Crippen LogP contribution in [0.1, 0.15) is 11.1 Å². The number of nitriles is 2. The fourth-order valence-corrected chi connectivity index (χ4v) is 19.0. The highest BCUT2D eigenvalue weighted by Crippen LogP contribution is 2.50. The summed E-state index contributed by atoms with van der Waals surface area (Å²) in [5.41, 5.74) is 29.5. The van der Waals surface area contributed by atoms with Gasteiger partial charge in [0.25, 0.3) is 0 Å². The molecule has 0 saturated carbocycles. The van der Waals surface area contributed by atoms with Crippen molar-refractivity contribution in [1.82, 2.24) is 29.9 Å². The molecule has 9 heteroatoms. The summed E-state index contributed by atoms with van der Waals surface area (Å²) in [7, 11) is 0. The van der Waals surface area contributed by atoms with Crippen molar-refractivity contribution < 1.29 is 0 Å². The Kier molecular flexibility index (Phi) is 23.2. The average molecular weight is 1760 g/mol. The summed E-state index contributed by atoms with van der Waals surface area (Å²) in [5, 5.41) is 33.9. The first-order chi connectivity index (χ1) is 68.3. The van der Waals surface area contributed by atoms with Gasteiger partial charge in [-0.05, 0) is 179 Å². The quantitative estimate of drug-likeness (QED) is 0.0733. The fourth-order valence-electron chi connectivity index (χ4n) is 19.0. The smallest absolute Gasteiger partial charge is 0.187 e. The maximum absolute atomic E-state index is 9.53. The second-order valence-electron chi connectivity index (χ2n) is 33.9. The van der Waals surface area contributed by atoms with E-state index in [1.54, 1.807) is 0 Å². The third-order valence-electron chi connectivity index (χ3n) is 25.5. The summed E-state index contributed by atoms with van der Waals surface area (Å²) in [5.74, 6) is 1.94. The summed E-state index contributed by atoms with van der Waals surface area (Å²) < 4.78 is 0. The highest BCUT2D eigenvalue weighted by atomic mass is 14.9. The second-order valence-corrected chi connectivity index (χ2v) is 33.9. The van der Waals surface area contributed by atoms with Gasteiger partial charge in [0.15, 0.2) is 23.2 Å². The zero-order chi connectivity index (χ0) is 92.6. The average Bonchev–Trinajstić information content (AvgIpc) is 0.741. The van der Waals surface area contributed by atoms with Crippen LogP contribution in [0, 0.1) is 29.2 Å². The number of hydrogen-bond donors (Lipinski definition) is 0. The topological polar surface area (TPSA) is 129 Å². The summed E-state index contributed by atoms with van der Waals surface area (Å²) >= 11 is 0. The normalized spacial score (nSPS) is 11.0. The molecule has 0 aliphatic heterocycles. The van der Waals surface area contributed by atoms with Crippen LogP contribution >= 0.6 is 0 Å². The van der Waals surface area contributed by atoms with Crippen molar-refractivity contribution in [3.63, 3.8) is 0 Å². The van der Waals surface area contributed by atoms with E-state index in [1.807, 2.05) is 158 Å². The van der Waals surface area contributed by atoms with Crippen LogP contribution in [0.4, 0.5) is 5.69 Å². The SMILES string of the molecule is N#Cc1cccc(-c2cc(-c3ccc(-c4c(-c5ccccc5)c5ccccc5c5ccccc45)cc3)nc(-c3ccccc3)n2)c1.N#Cc1cccc(-c2cc(-c3ccccc3)nc(-c3ccc(-c4c(-c5ccccc5)c5ccccc5c5ccccc45)cc3)n2)c1.[C-]#[N+]c1ccc(-c2cc(-c3ccccc3)nc(-c3ccc(-c4c(-c5ccccc5)c5ccccc5c5ccccc45)cc3)n2)cc1. The van der Waals surface area contributed by atoms with Crippen LogP contribution in [0.2, 0.25) is 0 Å². The molecule has 138 heavy (non-hydrogen) atoms. The summed E-state index contributed by atoms with van der Waals surface area (Å²) in [4.78, 5) is 33.6. The van der Waals surface area contributed by atoms with Gasteiger partial charge in [0, 0.05) is 44.5 Å². The molecule has 0 aliphatic carbocycles. The van der Waals surface area contributed by atoms with Gasteiger partial charge in [-0.25, -0.2) is 34.7 Å². The molecule has 9 nitrogen and oxygen atoms in total. The number of nitrogens with zero attached hydrogens (tertiary/aromatic N) is 9. The maximum Gasteiger partial charge on any atom is 0.187 e. The minimum Gasteiger partial charge on any atom is -0.238 e. The molecule has 642 valence electrons. The molecule has 21 aromatic carbocycles. The van der Waals surface area contributed by atoms with Crippen LogP contribution in [0.25, 0.3) is 238 Å². The molecular weight excluding hydrogens is 1680 g/mol. The van der Waals surface area contributed by atoms with Gasteiger partial charge in [-0.3, -0.25) is 0 Å². The van der Waals surface area contributed by atoms with Gasteiger partial charge in [-0.1, -0.05) is 449 Å². The molecule has 24 aromatic rings. The molecule has 0 saturated heterocycles. The van der Waals surface area contributed by atoms with Crippen LogP contribution in [0.5, 0.6) is 0 Å². The number of benzene rings is 21. The zero-order valence-corrected chi connectivity index (χ0v) is 74.8. The Morgan fingerprint density at radius 3 is 0.580 bits per heavy atom. The van der Waals surface area contributed by atoms with Gasteiger partial charge >= 0.3 is 0 Å². The zero-order valence-electron chi connectivity index (χ0n) is 74.8. The van der Waals surface area contributed by atoms with Crippen molar-refractivity contribution in [3.8, 4) is 181 Å². The minimum absolute atomic E-state index is 0.597. The van der Waals surface area contributed by atoms with E-state index in [0.717, 1.165) is 101 Å². The highest BCUT2D eigenvalue weighted by Gasteiger charge is 2.24. The molecule has 24 rings (SSSR count). The van der Waals surface area contributed by atoms with Crippen molar-refractivity contribution >= 4 is 70.3 Å². The fraction of sp³-hybridized carbons (Fsp3) is 0. The first-order valence-corrected chi connectivity index (χ1v) is 45.9. The first-order valence-electron chi connectivity index (χ1n) is 45.9. The van der Waals surface area contributed by atoms with E-state index < -0.39 is 0 Å². The van der Waals surface area contributed by atoms with Crippen LogP contribution in [0.3, 0.4) is 0 Å². The molecule has 3 heterocycles. The van der Waals surface area contributed by atoms with Crippen molar-refractivity contribution in [2.24, 2.45) is 0 Å². The number of fused-ring (bicyclic) bond motifs is 9. The molecule has 0 aliphatic rings. The van der Waals surface area contributed by atoms with Gasteiger partial charge in [0.2, 0.25) is 0 Å². The van der Waals surface area contributed by atoms with Gasteiger partial charge in [-0.2, -0.15) is 10.5 Å². The third kappa shape index (κ3) is 16.9. The van der Waals surface area contributed by atoms with Gasteiger partial charge in [-0.15, -0.1) is 0 Å². The van der Waals surface area contributed by atoms with Crippen molar-refractivity contribution in [2.75, 3.05) is 0 Å². The standard InChI is InChI=1S/3C43H27N3/c1-44-34-26-24-30(25-27-34)40-28-39(29-12-4-2-5-13-29)45-43(46-40)33-22-20-32(21-23-33)42-38-19-11-9-17-36(38)35-16-8-10-18-37(35)41(42)31-14-6-3-7-15-31;44-28-29-12-11-17-34(26-29)40-27-39(45-43(46-40)33-15-5-2-6-16-33)30-22-24-32(25-23-30)42-38-21-10-8-19-36(38)35-18-7-9-20-37(35)41(42)31-13-3-1-4-14-31;44-28-29-12-11-17-34(26-29)40-27-39(30-13-3-1-4-14-30)45-43(46-40)33-24-22-32(23-25-33)42-38-21-10-8-19-36(38)35-18-7-9-20-37(35)41(42)31-15-5-2-6-16-31/h2-28H;2*1-27H. The maximum atomic E-state index is 9.53. The minimum atomic E-state index is 0.597. The Labute approximate surface area is 799 Å². The lowest BCUT2D eigenvalue weighted by atomic mass is 9.85. The number of rotatable bonds is 15. The van der Waals surface area contributed by atoms with E-state index in [0.29, 0.717) is 34.3 Å². The van der Waals surface area contributed by atoms with Crippen LogP contribution in [-0.2, 0) is 0 Å². The number of hydrogen-bond acceptors (Lipinski definition) is 8. The lowest BCUT2D eigenvalue weighted by Crippen LogP contribution is -1.96. The summed E-state index contributed by atoms with van der Waals surface area (Å²) in [6.45, 7) is 7.34. The van der Waals surface area contributed by atoms with E-state index >= 15 is 0 Å². The summed E-state index contributed by atoms with van der Waals surface area (Å²) in [6, 6.07) is 174. The molecule has 0 unspecified atom stereocenters. The van der Waals surface area contributed by atoms with Crippen LogP contribution in [0.15, 0.2) is 491 Å². The highest BCUT2D eigenvalue weighted by molar-refractivity contribution is 6.24. The molecule has 3 aromatic heterocycles. The van der Waals surface area contributed by atoms with Crippen LogP contribution < -0.4 is 0 Å².